The van der Waals surface area contributed by atoms with Crippen molar-refractivity contribution in [2.75, 3.05) is 6.61 Å². The smallest absolute Gasteiger partial charge is 0.191 e. The van der Waals surface area contributed by atoms with Crippen molar-refractivity contribution in [3.63, 3.8) is 0 Å². The molecule has 0 saturated heterocycles. The summed E-state index contributed by atoms with van der Waals surface area (Å²) >= 11 is 0. The molecule has 3 rings (SSSR count). The van der Waals surface area contributed by atoms with Gasteiger partial charge in [-0.2, -0.15) is 0 Å². The Hall–Kier alpha value is -1.93. The normalized spacial score (nSPS) is 17.3. The van der Waals surface area contributed by atoms with Crippen molar-refractivity contribution in [2.45, 2.75) is 0 Å². The molecule has 0 bridgehead atoms. The zero-order valence-electron chi connectivity index (χ0n) is 8.60. The fourth-order valence-corrected chi connectivity index (χ4v) is 2.17. The highest BCUT2D eigenvalue weighted by Gasteiger charge is 2.27. The average molecular weight is 210 g/mol. The number of carbonyl (C=O) groups excluding carboxylic acids is 1. The van der Waals surface area contributed by atoms with Crippen LogP contribution < -0.4 is 0 Å². The standard InChI is InChI=1S/C14H10O2/c15-8-10-5-6-12-11-4-2-1-3-9(11)7-13(12)14(10)16/h1-7,15H,8H2. The number of aliphatic hydroxyl groups is 1. The summed E-state index contributed by atoms with van der Waals surface area (Å²) in [5.41, 5.74) is 4.30. The van der Waals surface area contributed by atoms with Gasteiger partial charge in [0.2, 0.25) is 0 Å². The van der Waals surface area contributed by atoms with Crippen molar-refractivity contribution in [1.82, 2.24) is 0 Å². The summed E-state index contributed by atoms with van der Waals surface area (Å²) in [6.07, 6.45) is 5.51. The van der Waals surface area contributed by atoms with Gasteiger partial charge in [0.15, 0.2) is 5.78 Å². The maximum atomic E-state index is 12.0. The molecule has 2 heteroatoms. The third kappa shape index (κ3) is 1.14. The first-order valence-electron chi connectivity index (χ1n) is 5.19. The van der Waals surface area contributed by atoms with Crippen molar-refractivity contribution >= 4 is 17.4 Å². The summed E-state index contributed by atoms with van der Waals surface area (Å²) in [6.45, 7) is -0.198. The quantitative estimate of drug-likeness (QED) is 0.769. The van der Waals surface area contributed by atoms with Crippen LogP contribution in [0.15, 0.2) is 47.6 Å². The highest BCUT2D eigenvalue weighted by molar-refractivity contribution is 6.25. The lowest BCUT2D eigenvalue weighted by molar-refractivity contribution is -0.112. The number of benzene rings is 1. The van der Waals surface area contributed by atoms with E-state index in [4.69, 9.17) is 5.11 Å². The van der Waals surface area contributed by atoms with Gasteiger partial charge in [0.05, 0.1) is 6.61 Å². The summed E-state index contributed by atoms with van der Waals surface area (Å²) in [4.78, 5) is 12.0. The predicted molar refractivity (Wildman–Crippen MR) is 62.6 cm³/mol. The summed E-state index contributed by atoms with van der Waals surface area (Å²) < 4.78 is 0. The molecule has 0 atom stereocenters. The van der Waals surface area contributed by atoms with E-state index in [0.717, 1.165) is 16.7 Å². The maximum absolute atomic E-state index is 12.0. The van der Waals surface area contributed by atoms with E-state index in [1.807, 2.05) is 36.4 Å². The SMILES string of the molecule is O=C1C(CO)=CC=C2C1=Cc1ccccc12. The molecule has 0 radical (unpaired) electrons. The highest BCUT2D eigenvalue weighted by Crippen LogP contribution is 2.38. The number of Topliss-reactive ketones (excluding diaryl/α,β-unsaturated/α-hetero) is 1. The summed E-state index contributed by atoms with van der Waals surface area (Å²) in [5.74, 6) is -0.0591. The number of rotatable bonds is 1. The monoisotopic (exact) mass is 210 g/mol. The fraction of sp³-hybridized carbons (Fsp3) is 0.0714. The molecule has 16 heavy (non-hydrogen) atoms. The fourth-order valence-electron chi connectivity index (χ4n) is 2.17. The third-order valence-corrected chi connectivity index (χ3v) is 3.00. The maximum Gasteiger partial charge on any atom is 0.191 e. The molecule has 2 aliphatic rings. The van der Waals surface area contributed by atoms with Crippen molar-refractivity contribution in [2.24, 2.45) is 0 Å². The number of carbonyl (C=O) groups is 1. The van der Waals surface area contributed by atoms with E-state index in [1.54, 1.807) is 6.08 Å². The van der Waals surface area contributed by atoms with Crippen LogP contribution in [-0.2, 0) is 4.79 Å². The molecule has 0 amide bonds. The lowest BCUT2D eigenvalue weighted by Crippen LogP contribution is -2.12. The second kappa shape index (κ2) is 3.29. The van der Waals surface area contributed by atoms with Crippen LogP contribution in [-0.4, -0.2) is 17.5 Å². The van der Waals surface area contributed by atoms with Gasteiger partial charge in [-0.3, -0.25) is 4.79 Å². The molecule has 2 nitrogen and oxygen atoms in total. The van der Waals surface area contributed by atoms with Crippen LogP contribution in [0.25, 0.3) is 11.6 Å². The molecule has 2 aliphatic carbocycles. The number of aliphatic hydroxyl groups excluding tert-OH is 1. The molecule has 1 aromatic carbocycles. The average Bonchev–Trinajstić information content (AvgIpc) is 2.69. The number of hydrogen-bond donors (Lipinski definition) is 1. The van der Waals surface area contributed by atoms with E-state index in [0.29, 0.717) is 11.1 Å². The minimum Gasteiger partial charge on any atom is -0.392 e. The van der Waals surface area contributed by atoms with Gasteiger partial charge in [-0.1, -0.05) is 36.4 Å². The lowest BCUT2D eigenvalue weighted by atomic mass is 9.91. The van der Waals surface area contributed by atoms with Crippen molar-refractivity contribution in [3.8, 4) is 0 Å². The van der Waals surface area contributed by atoms with Crippen molar-refractivity contribution in [1.29, 1.82) is 0 Å². The molecule has 0 saturated carbocycles. The summed E-state index contributed by atoms with van der Waals surface area (Å²) in [7, 11) is 0. The Morgan fingerprint density at radius 1 is 1.06 bits per heavy atom. The van der Waals surface area contributed by atoms with Crippen molar-refractivity contribution in [3.05, 3.63) is 58.7 Å². The molecule has 1 N–H and O–H groups in total. The predicted octanol–water partition coefficient (Wildman–Crippen LogP) is 1.97. The Kier molecular flexibility index (Phi) is 1.91. The molecule has 0 aromatic heterocycles. The molecule has 0 heterocycles. The number of hydrogen-bond acceptors (Lipinski definition) is 2. The highest BCUT2D eigenvalue weighted by atomic mass is 16.3. The molecule has 0 unspecified atom stereocenters. The van der Waals surface area contributed by atoms with E-state index >= 15 is 0 Å². The Morgan fingerprint density at radius 2 is 1.88 bits per heavy atom. The lowest BCUT2D eigenvalue weighted by Gasteiger charge is -2.11. The van der Waals surface area contributed by atoms with Crippen LogP contribution >= 0.6 is 0 Å². The first-order valence-corrected chi connectivity index (χ1v) is 5.19. The van der Waals surface area contributed by atoms with E-state index in [2.05, 4.69) is 0 Å². The zero-order chi connectivity index (χ0) is 11.1. The van der Waals surface area contributed by atoms with Gasteiger partial charge in [0, 0.05) is 11.1 Å². The molecule has 1 aromatic rings. The number of ketones is 1. The molecule has 0 spiro atoms. The van der Waals surface area contributed by atoms with Gasteiger partial charge in [0.1, 0.15) is 0 Å². The minimum atomic E-state index is -0.198. The largest absolute Gasteiger partial charge is 0.392 e. The molecular weight excluding hydrogens is 200 g/mol. The van der Waals surface area contributed by atoms with Gasteiger partial charge in [-0.05, 0) is 22.8 Å². The van der Waals surface area contributed by atoms with Crippen LogP contribution in [0, 0.1) is 0 Å². The topological polar surface area (TPSA) is 37.3 Å². The zero-order valence-corrected chi connectivity index (χ0v) is 8.60. The van der Waals surface area contributed by atoms with E-state index in [9.17, 15) is 4.79 Å². The summed E-state index contributed by atoms with van der Waals surface area (Å²) in [5, 5.41) is 9.05. The second-order valence-corrected chi connectivity index (χ2v) is 3.90. The minimum absolute atomic E-state index is 0.0591. The van der Waals surface area contributed by atoms with Crippen LogP contribution in [0.2, 0.25) is 0 Å². The van der Waals surface area contributed by atoms with Crippen molar-refractivity contribution < 1.29 is 9.90 Å². The van der Waals surface area contributed by atoms with E-state index in [-0.39, 0.29) is 12.4 Å². The molecule has 78 valence electrons. The van der Waals surface area contributed by atoms with E-state index in [1.165, 1.54) is 0 Å². The Balaban J connectivity index is 2.19. The number of allylic oxidation sites excluding steroid dienone is 4. The van der Waals surface area contributed by atoms with Gasteiger partial charge in [-0.25, -0.2) is 0 Å². The summed E-state index contributed by atoms with van der Waals surface area (Å²) in [6, 6.07) is 7.92. The number of fused-ring (bicyclic) bond motifs is 3. The van der Waals surface area contributed by atoms with Crippen LogP contribution in [0.4, 0.5) is 0 Å². The van der Waals surface area contributed by atoms with Crippen LogP contribution in [0.3, 0.4) is 0 Å². The first-order chi connectivity index (χ1) is 7.81. The third-order valence-electron chi connectivity index (χ3n) is 3.00. The second-order valence-electron chi connectivity index (χ2n) is 3.90. The van der Waals surface area contributed by atoms with Crippen LogP contribution in [0.5, 0.6) is 0 Å². The van der Waals surface area contributed by atoms with Gasteiger partial charge < -0.3 is 5.11 Å². The Labute approximate surface area is 93.2 Å². The van der Waals surface area contributed by atoms with E-state index < -0.39 is 0 Å². The van der Waals surface area contributed by atoms with Crippen LogP contribution in [0.1, 0.15) is 11.1 Å². The Morgan fingerprint density at radius 3 is 2.69 bits per heavy atom. The van der Waals surface area contributed by atoms with Gasteiger partial charge >= 0.3 is 0 Å². The molecule has 0 aliphatic heterocycles. The van der Waals surface area contributed by atoms with Gasteiger partial charge in [0.25, 0.3) is 0 Å². The molecule has 0 fully saturated rings. The first kappa shape index (κ1) is 9.31. The van der Waals surface area contributed by atoms with Gasteiger partial charge in [-0.15, -0.1) is 0 Å². The molecular formula is C14H10O2. The Bertz CT molecular complexity index is 574.